The number of nitrogens with zero attached hydrogens (tertiary/aromatic N) is 2. The second-order valence-electron chi connectivity index (χ2n) is 11.0. The van der Waals surface area contributed by atoms with E-state index in [4.69, 9.17) is 4.98 Å². The van der Waals surface area contributed by atoms with Gasteiger partial charge in [-0.1, -0.05) is 36.4 Å². The van der Waals surface area contributed by atoms with Crippen LogP contribution < -0.4 is 5.56 Å². The first kappa shape index (κ1) is 28.7. The maximum absolute atomic E-state index is 13.9. The average Bonchev–Trinajstić information content (AvgIpc) is 3.80. The predicted molar refractivity (Wildman–Crippen MR) is 147 cm³/mol. The Hall–Kier alpha value is -4.38. The van der Waals surface area contributed by atoms with E-state index in [-0.39, 0.29) is 24.2 Å². The lowest BCUT2D eigenvalue weighted by atomic mass is 9.91. The second kappa shape index (κ2) is 10.7. The normalized spacial score (nSPS) is 16.7. The number of carbonyl (C=O) groups is 1. The molecule has 1 aliphatic heterocycles. The van der Waals surface area contributed by atoms with Gasteiger partial charge in [0.2, 0.25) is 0 Å². The van der Waals surface area contributed by atoms with Gasteiger partial charge >= 0.3 is 6.18 Å². The Kier molecular flexibility index (Phi) is 7.16. The van der Waals surface area contributed by atoms with Crippen LogP contribution >= 0.6 is 0 Å². The minimum atomic E-state index is -4.63. The Labute approximate surface area is 242 Å². The van der Waals surface area contributed by atoms with E-state index in [9.17, 15) is 36.6 Å². The highest BCUT2D eigenvalue weighted by Crippen LogP contribution is 2.52. The van der Waals surface area contributed by atoms with Crippen molar-refractivity contribution in [3.8, 4) is 11.1 Å². The molecule has 3 aromatic carbocycles. The van der Waals surface area contributed by atoms with Crippen LogP contribution in [0.5, 0.6) is 0 Å². The summed E-state index contributed by atoms with van der Waals surface area (Å²) < 4.78 is 67.2. The first-order valence-corrected chi connectivity index (χ1v) is 13.8. The fraction of sp³-hybridized carbons (Fsp3) is 0.281. The summed E-state index contributed by atoms with van der Waals surface area (Å²) >= 11 is 0. The number of hydrogen-bond acceptors (Lipinski definition) is 4. The summed E-state index contributed by atoms with van der Waals surface area (Å²) in [7, 11) is 0. The average molecular weight is 596 g/mol. The largest absolute Gasteiger partial charge is 0.416 e. The quantitative estimate of drug-likeness (QED) is 0.285. The van der Waals surface area contributed by atoms with Gasteiger partial charge in [0, 0.05) is 12.6 Å². The molecule has 2 N–H and O–H groups in total. The number of carbonyl (C=O) groups excluding carboxylic acids is 1. The first-order chi connectivity index (χ1) is 20.4. The molecular weight excluding hydrogens is 569 g/mol. The molecule has 2 heterocycles. The van der Waals surface area contributed by atoms with Crippen LogP contribution in [0.25, 0.3) is 11.1 Å². The Morgan fingerprint density at radius 2 is 1.70 bits per heavy atom. The topological polar surface area (TPSA) is 86.3 Å². The van der Waals surface area contributed by atoms with Crippen LogP contribution in [0, 0.1) is 11.6 Å². The van der Waals surface area contributed by atoms with Crippen LogP contribution in [0.15, 0.2) is 71.5 Å². The van der Waals surface area contributed by atoms with Gasteiger partial charge in [-0.25, -0.2) is 13.8 Å². The third-order valence-electron chi connectivity index (χ3n) is 8.18. The van der Waals surface area contributed by atoms with E-state index in [0.717, 1.165) is 29.8 Å². The van der Waals surface area contributed by atoms with Crippen molar-refractivity contribution in [3.63, 3.8) is 0 Å². The number of alkyl halides is 3. The van der Waals surface area contributed by atoms with Crippen LogP contribution in [0.3, 0.4) is 0 Å². The minimum Gasteiger partial charge on any atom is -0.378 e. The summed E-state index contributed by atoms with van der Waals surface area (Å²) in [6.07, 6.45) is -4.25. The van der Waals surface area contributed by atoms with E-state index in [1.54, 1.807) is 12.1 Å². The summed E-state index contributed by atoms with van der Waals surface area (Å²) in [5, 5.41) is 10.7. The molecule has 1 aromatic heterocycles. The second-order valence-corrected chi connectivity index (χ2v) is 11.0. The van der Waals surface area contributed by atoms with E-state index in [1.165, 1.54) is 23.1 Å². The number of H-pyrrole nitrogens is 1. The van der Waals surface area contributed by atoms with Crippen molar-refractivity contribution in [1.29, 1.82) is 0 Å². The van der Waals surface area contributed by atoms with Crippen LogP contribution in [-0.4, -0.2) is 32.4 Å². The van der Waals surface area contributed by atoms with Crippen LogP contribution in [0.1, 0.15) is 59.1 Å². The zero-order valence-corrected chi connectivity index (χ0v) is 22.7. The van der Waals surface area contributed by atoms with Gasteiger partial charge in [0.15, 0.2) is 6.10 Å². The number of nitrogens with one attached hydrogen (secondary N) is 1. The summed E-state index contributed by atoms with van der Waals surface area (Å²) in [5.41, 5.74) is 0.415. The summed E-state index contributed by atoms with van der Waals surface area (Å²) in [5.74, 6) is -1.72. The van der Waals surface area contributed by atoms with Gasteiger partial charge in [-0.2, -0.15) is 13.2 Å². The number of fused-ring (bicyclic) bond motifs is 1. The number of aromatic nitrogens is 2. The fourth-order valence-electron chi connectivity index (χ4n) is 5.74. The molecule has 1 atom stereocenters. The monoisotopic (exact) mass is 595 g/mol. The Balaban J connectivity index is 1.27. The summed E-state index contributed by atoms with van der Waals surface area (Å²) in [6.45, 7) is 0.0256. The molecule has 6 nitrogen and oxygen atoms in total. The number of rotatable bonds is 5. The van der Waals surface area contributed by atoms with Gasteiger partial charge in [0.25, 0.3) is 11.5 Å². The number of hydrogen-bond donors (Lipinski definition) is 2. The molecule has 4 aromatic rings. The lowest BCUT2D eigenvalue weighted by Gasteiger charge is -2.24. The van der Waals surface area contributed by atoms with Gasteiger partial charge in [0.1, 0.15) is 17.5 Å². The van der Waals surface area contributed by atoms with Crippen molar-refractivity contribution >= 4 is 5.91 Å². The van der Waals surface area contributed by atoms with Crippen molar-refractivity contribution in [2.45, 2.75) is 49.9 Å². The number of aliphatic hydroxyl groups excluding tert-OH is 1. The number of halogens is 5. The first-order valence-electron chi connectivity index (χ1n) is 13.8. The van der Waals surface area contributed by atoms with Crippen LogP contribution in [0.4, 0.5) is 22.0 Å². The van der Waals surface area contributed by atoms with Crippen molar-refractivity contribution in [2.75, 3.05) is 6.54 Å². The van der Waals surface area contributed by atoms with E-state index in [1.807, 2.05) is 12.1 Å². The summed E-state index contributed by atoms with van der Waals surface area (Å²) in [6, 6.07) is 14.5. The van der Waals surface area contributed by atoms with Crippen LogP contribution in [0.2, 0.25) is 0 Å². The number of aromatic amines is 1. The molecule has 6 rings (SSSR count). The molecule has 1 amide bonds. The van der Waals surface area contributed by atoms with Gasteiger partial charge in [-0.15, -0.1) is 0 Å². The fourth-order valence-corrected chi connectivity index (χ4v) is 5.74. The highest BCUT2D eigenvalue weighted by atomic mass is 19.4. The third kappa shape index (κ3) is 5.56. The molecule has 1 fully saturated rings. The number of benzene rings is 3. The third-order valence-corrected chi connectivity index (χ3v) is 8.18. The number of aliphatic hydroxyl groups is 1. The number of aryl methyl sites for hydroxylation is 1. The number of amides is 1. The smallest absolute Gasteiger partial charge is 0.378 e. The zero-order valence-electron chi connectivity index (χ0n) is 22.7. The van der Waals surface area contributed by atoms with Gasteiger partial charge < -0.3 is 15.0 Å². The molecular formula is C32H26F5N3O3. The maximum Gasteiger partial charge on any atom is 0.416 e. The molecule has 0 bridgehead atoms. The molecule has 0 unspecified atom stereocenters. The van der Waals surface area contributed by atoms with Gasteiger partial charge in [-0.05, 0) is 72.2 Å². The van der Waals surface area contributed by atoms with E-state index in [0.29, 0.717) is 48.3 Å². The predicted octanol–water partition coefficient (Wildman–Crippen LogP) is 5.82. The molecule has 43 heavy (non-hydrogen) atoms. The lowest BCUT2D eigenvalue weighted by molar-refractivity contribution is -0.142. The van der Waals surface area contributed by atoms with Crippen molar-refractivity contribution in [3.05, 3.63) is 122 Å². The molecule has 0 saturated heterocycles. The summed E-state index contributed by atoms with van der Waals surface area (Å²) in [4.78, 5) is 35.5. The van der Waals surface area contributed by atoms with E-state index in [2.05, 4.69) is 4.98 Å². The lowest BCUT2D eigenvalue weighted by Crippen LogP contribution is -2.36. The molecule has 1 saturated carbocycles. The highest BCUT2D eigenvalue weighted by Gasteiger charge is 2.49. The van der Waals surface area contributed by atoms with Gasteiger partial charge in [-0.3, -0.25) is 9.59 Å². The Morgan fingerprint density at radius 1 is 0.977 bits per heavy atom. The van der Waals surface area contributed by atoms with Crippen LogP contribution in [-0.2, 0) is 29.4 Å². The standard InChI is InChI=1S/C32H26F5N3O3/c33-23-14-20(15-24(34)16-23)18-4-1-6-21(12-18)31(9-10-31)30-38-26-8-3-11-40(17-25(26)28(42)39-30)29(43)27(41)19-5-2-7-22(13-19)32(35,36)37/h1-2,4-7,12-16,27,41H,3,8-11,17H2,(H,38,39,42)/t27-/m1/s1. The molecule has 2 aliphatic rings. The Morgan fingerprint density at radius 3 is 2.40 bits per heavy atom. The SMILES string of the molecule is O=C([C@H](O)c1cccc(C(F)(F)F)c1)N1CCCc2nc(C3(c4cccc(-c5cc(F)cc(F)c5)c4)CC3)[nH]c(=O)c2C1. The molecule has 0 radical (unpaired) electrons. The van der Waals surface area contributed by atoms with E-state index < -0.39 is 46.4 Å². The highest BCUT2D eigenvalue weighted by molar-refractivity contribution is 5.82. The molecule has 11 heteroatoms. The zero-order chi connectivity index (χ0) is 30.5. The van der Waals surface area contributed by atoms with Crippen molar-refractivity contribution < 1.29 is 31.9 Å². The molecule has 0 spiro atoms. The Bertz CT molecular complexity index is 1760. The molecule has 222 valence electrons. The van der Waals surface area contributed by atoms with E-state index >= 15 is 0 Å². The maximum atomic E-state index is 13.9. The minimum absolute atomic E-state index is 0.152. The molecule has 1 aliphatic carbocycles. The van der Waals surface area contributed by atoms with Gasteiger partial charge in [0.05, 0.1) is 28.8 Å². The van der Waals surface area contributed by atoms with Crippen molar-refractivity contribution in [1.82, 2.24) is 14.9 Å². The van der Waals surface area contributed by atoms with Crippen molar-refractivity contribution in [2.24, 2.45) is 0 Å².